The lowest BCUT2D eigenvalue weighted by atomic mass is 10.1. The first-order valence-corrected chi connectivity index (χ1v) is 10.0. The zero-order chi connectivity index (χ0) is 22.6. The smallest absolute Gasteiger partial charge is 0.412 e. The Morgan fingerprint density at radius 3 is 2.55 bits per heavy atom. The molecule has 1 atom stereocenters. The molecule has 3 rings (SSSR count). The van der Waals surface area contributed by atoms with Crippen molar-refractivity contribution in [1.29, 1.82) is 0 Å². The summed E-state index contributed by atoms with van der Waals surface area (Å²) in [6.07, 6.45) is -0.614. The maximum Gasteiger partial charge on any atom is 0.412 e. The first-order chi connectivity index (χ1) is 14.6. The molecule has 3 amide bonds. The molecule has 1 unspecified atom stereocenters. The van der Waals surface area contributed by atoms with Crippen molar-refractivity contribution in [3.05, 3.63) is 54.1 Å². The van der Waals surface area contributed by atoms with Crippen LogP contribution in [0.5, 0.6) is 5.75 Å². The molecule has 1 aliphatic heterocycles. The van der Waals surface area contributed by atoms with Crippen LogP contribution < -0.4 is 20.3 Å². The Kier molecular flexibility index (Phi) is 6.48. The molecular formula is C23H27N3O5. The lowest BCUT2D eigenvalue weighted by Gasteiger charge is -2.30. The molecule has 31 heavy (non-hydrogen) atoms. The van der Waals surface area contributed by atoms with Gasteiger partial charge in [0.1, 0.15) is 17.9 Å². The fraction of sp³-hybridized carbons (Fsp3) is 0.348. The number of carbonyl (C=O) groups excluding carboxylic acids is 3. The number of benzene rings is 2. The van der Waals surface area contributed by atoms with Gasteiger partial charge >= 0.3 is 6.09 Å². The molecule has 8 nitrogen and oxygen atoms in total. The second kappa shape index (κ2) is 9.07. The number of hydrogen-bond donors (Lipinski definition) is 2. The van der Waals surface area contributed by atoms with Crippen molar-refractivity contribution in [2.75, 3.05) is 23.4 Å². The summed E-state index contributed by atoms with van der Waals surface area (Å²) < 4.78 is 10.7. The largest absolute Gasteiger partial charge is 0.482 e. The van der Waals surface area contributed by atoms with Gasteiger partial charge in [-0.3, -0.25) is 19.8 Å². The molecule has 1 heterocycles. The molecule has 164 valence electrons. The zero-order valence-electron chi connectivity index (χ0n) is 18.1. The minimum absolute atomic E-state index is 0.159. The Morgan fingerprint density at radius 2 is 1.87 bits per heavy atom. The summed E-state index contributed by atoms with van der Waals surface area (Å²) in [6.45, 7) is 6.86. The fourth-order valence-electron chi connectivity index (χ4n) is 3.13. The van der Waals surface area contributed by atoms with E-state index in [1.54, 1.807) is 39.0 Å². The van der Waals surface area contributed by atoms with Crippen LogP contribution in [0.3, 0.4) is 0 Å². The number of amides is 3. The molecule has 1 aliphatic rings. The molecule has 0 radical (unpaired) electrons. The highest BCUT2D eigenvalue weighted by Crippen LogP contribution is 2.34. The Bertz CT molecular complexity index is 969. The van der Waals surface area contributed by atoms with E-state index in [-0.39, 0.29) is 31.0 Å². The van der Waals surface area contributed by atoms with Crippen LogP contribution in [-0.2, 0) is 14.3 Å². The summed E-state index contributed by atoms with van der Waals surface area (Å²) in [6, 6.07) is 14.2. The van der Waals surface area contributed by atoms with Crippen LogP contribution in [0.2, 0.25) is 0 Å². The minimum atomic E-state index is -0.642. The van der Waals surface area contributed by atoms with Gasteiger partial charge in [-0.15, -0.1) is 0 Å². The third-order valence-electron chi connectivity index (χ3n) is 4.53. The second-order valence-electron chi connectivity index (χ2n) is 8.28. The van der Waals surface area contributed by atoms with Gasteiger partial charge in [-0.25, -0.2) is 4.79 Å². The summed E-state index contributed by atoms with van der Waals surface area (Å²) in [5.41, 5.74) is 1.16. The van der Waals surface area contributed by atoms with E-state index in [0.29, 0.717) is 17.1 Å². The molecule has 0 fully saturated rings. The van der Waals surface area contributed by atoms with Crippen molar-refractivity contribution in [2.24, 2.45) is 0 Å². The minimum Gasteiger partial charge on any atom is -0.482 e. The topological polar surface area (TPSA) is 97.0 Å². The van der Waals surface area contributed by atoms with E-state index in [1.165, 1.54) is 4.90 Å². The third-order valence-corrected chi connectivity index (χ3v) is 4.53. The van der Waals surface area contributed by atoms with Gasteiger partial charge in [0.05, 0.1) is 11.7 Å². The molecule has 0 aliphatic carbocycles. The van der Waals surface area contributed by atoms with Crippen molar-refractivity contribution >= 4 is 29.3 Å². The van der Waals surface area contributed by atoms with Gasteiger partial charge in [-0.2, -0.15) is 0 Å². The molecule has 0 aromatic heterocycles. The number of carbonyl (C=O) groups is 3. The number of anilines is 2. The van der Waals surface area contributed by atoms with Gasteiger partial charge in [0.25, 0.3) is 5.91 Å². The Labute approximate surface area is 181 Å². The van der Waals surface area contributed by atoms with Crippen LogP contribution in [-0.4, -0.2) is 36.7 Å². The number of ether oxygens (including phenoxy) is 2. The first kappa shape index (κ1) is 22.1. The SMILES string of the molecule is CC(NC(=O)CN1C(=O)COc2ccc(NC(=O)OC(C)(C)C)cc21)c1ccccc1. The summed E-state index contributed by atoms with van der Waals surface area (Å²) in [5.74, 6) is -0.189. The second-order valence-corrected chi connectivity index (χ2v) is 8.28. The summed E-state index contributed by atoms with van der Waals surface area (Å²) in [4.78, 5) is 38.5. The maximum absolute atomic E-state index is 12.6. The average molecular weight is 425 g/mol. The van der Waals surface area contributed by atoms with Crippen molar-refractivity contribution in [2.45, 2.75) is 39.3 Å². The van der Waals surface area contributed by atoms with E-state index in [2.05, 4.69) is 10.6 Å². The van der Waals surface area contributed by atoms with Gasteiger partial charge in [0, 0.05) is 5.69 Å². The first-order valence-electron chi connectivity index (χ1n) is 10.0. The Balaban J connectivity index is 1.72. The third kappa shape index (κ3) is 5.97. The summed E-state index contributed by atoms with van der Waals surface area (Å²) in [7, 11) is 0. The normalized spacial score (nSPS) is 14.2. The highest BCUT2D eigenvalue weighted by atomic mass is 16.6. The van der Waals surface area contributed by atoms with Crippen LogP contribution in [0.25, 0.3) is 0 Å². The fourth-order valence-corrected chi connectivity index (χ4v) is 3.13. The van der Waals surface area contributed by atoms with E-state index < -0.39 is 11.7 Å². The molecular weight excluding hydrogens is 398 g/mol. The lowest BCUT2D eigenvalue weighted by Crippen LogP contribution is -2.45. The maximum atomic E-state index is 12.6. The molecule has 0 bridgehead atoms. The quantitative estimate of drug-likeness (QED) is 0.762. The van der Waals surface area contributed by atoms with Gasteiger partial charge < -0.3 is 14.8 Å². The van der Waals surface area contributed by atoms with Crippen molar-refractivity contribution in [3.63, 3.8) is 0 Å². The number of rotatable bonds is 5. The van der Waals surface area contributed by atoms with Crippen LogP contribution in [0.4, 0.5) is 16.2 Å². The van der Waals surface area contributed by atoms with Crippen molar-refractivity contribution < 1.29 is 23.9 Å². The van der Waals surface area contributed by atoms with Gasteiger partial charge in [-0.1, -0.05) is 30.3 Å². The molecule has 2 aromatic carbocycles. The number of hydrogen-bond acceptors (Lipinski definition) is 5. The zero-order valence-corrected chi connectivity index (χ0v) is 18.1. The summed E-state index contributed by atoms with van der Waals surface area (Å²) >= 11 is 0. The molecule has 0 saturated heterocycles. The Hall–Kier alpha value is -3.55. The molecule has 2 aromatic rings. The van der Waals surface area contributed by atoms with Crippen molar-refractivity contribution in [3.8, 4) is 5.75 Å². The van der Waals surface area contributed by atoms with E-state index in [9.17, 15) is 14.4 Å². The van der Waals surface area contributed by atoms with Gasteiger partial charge in [0.15, 0.2) is 6.61 Å². The van der Waals surface area contributed by atoms with Gasteiger partial charge in [0.2, 0.25) is 5.91 Å². The van der Waals surface area contributed by atoms with E-state index in [4.69, 9.17) is 9.47 Å². The lowest BCUT2D eigenvalue weighted by molar-refractivity contribution is -0.125. The number of nitrogens with one attached hydrogen (secondary N) is 2. The average Bonchev–Trinajstić information content (AvgIpc) is 2.69. The summed E-state index contributed by atoms with van der Waals surface area (Å²) in [5, 5.41) is 5.54. The molecule has 2 N–H and O–H groups in total. The van der Waals surface area contributed by atoms with Crippen LogP contribution in [0, 0.1) is 0 Å². The standard InChI is InChI=1S/C23H27N3O5/c1-15(16-8-6-5-7-9-16)24-20(27)13-26-18-12-17(25-22(29)31-23(2,3)4)10-11-19(18)30-14-21(26)28/h5-12,15H,13-14H2,1-4H3,(H,24,27)(H,25,29). The predicted octanol–water partition coefficient (Wildman–Crippen LogP) is 3.64. The Morgan fingerprint density at radius 1 is 1.16 bits per heavy atom. The van der Waals surface area contributed by atoms with Crippen LogP contribution >= 0.6 is 0 Å². The van der Waals surface area contributed by atoms with E-state index >= 15 is 0 Å². The molecule has 0 saturated carbocycles. The highest BCUT2D eigenvalue weighted by molar-refractivity contribution is 6.03. The van der Waals surface area contributed by atoms with E-state index in [1.807, 2.05) is 37.3 Å². The van der Waals surface area contributed by atoms with Crippen molar-refractivity contribution in [1.82, 2.24) is 5.32 Å². The highest BCUT2D eigenvalue weighted by Gasteiger charge is 2.28. The van der Waals surface area contributed by atoms with Gasteiger partial charge in [-0.05, 0) is 51.5 Å². The molecule has 0 spiro atoms. The van der Waals surface area contributed by atoms with Crippen LogP contribution in [0.15, 0.2) is 48.5 Å². The molecule has 8 heteroatoms. The predicted molar refractivity (Wildman–Crippen MR) is 117 cm³/mol. The monoisotopic (exact) mass is 425 g/mol. The van der Waals surface area contributed by atoms with Crippen LogP contribution in [0.1, 0.15) is 39.3 Å². The number of fused-ring (bicyclic) bond motifs is 1. The number of nitrogens with zero attached hydrogens (tertiary/aromatic N) is 1. The van der Waals surface area contributed by atoms with E-state index in [0.717, 1.165) is 5.56 Å².